The number of thiophene rings is 1. The van der Waals surface area contributed by atoms with Crippen LogP contribution in [0.3, 0.4) is 0 Å². The van der Waals surface area contributed by atoms with Crippen LogP contribution in [0.1, 0.15) is 22.7 Å². The van der Waals surface area contributed by atoms with Gasteiger partial charge in [-0.3, -0.25) is 0 Å². The van der Waals surface area contributed by atoms with Gasteiger partial charge in [-0.1, -0.05) is 35.3 Å². The van der Waals surface area contributed by atoms with Gasteiger partial charge in [0.25, 0.3) is 0 Å². The van der Waals surface area contributed by atoms with E-state index in [1.165, 1.54) is 11.1 Å². The van der Waals surface area contributed by atoms with E-state index in [9.17, 15) is 0 Å². The molecule has 1 nitrogen and oxygen atoms in total. The molecule has 1 atom stereocenters. The standard InChI is InChI=1S/C13H13Cl2NS/c1-8-6-17-7-10(8)12(16)5-9-3-2-4-11(14)13(9)15/h2-4,6-7,12H,5,16H2,1H3. The lowest BCUT2D eigenvalue weighted by Gasteiger charge is -2.13. The van der Waals surface area contributed by atoms with Crippen LogP contribution < -0.4 is 5.73 Å². The molecule has 90 valence electrons. The topological polar surface area (TPSA) is 26.0 Å². The Morgan fingerprint density at radius 2 is 2.06 bits per heavy atom. The molecule has 1 aromatic heterocycles. The van der Waals surface area contributed by atoms with Gasteiger partial charge in [-0.25, -0.2) is 0 Å². The Morgan fingerprint density at radius 1 is 1.29 bits per heavy atom. The van der Waals surface area contributed by atoms with E-state index in [0.29, 0.717) is 16.5 Å². The molecule has 0 aliphatic rings. The molecule has 0 aliphatic heterocycles. The van der Waals surface area contributed by atoms with Gasteiger partial charge in [-0.05, 0) is 46.9 Å². The second-order valence-corrected chi connectivity index (χ2v) is 5.56. The average Bonchev–Trinajstić information content (AvgIpc) is 2.71. The molecule has 0 saturated carbocycles. The lowest BCUT2D eigenvalue weighted by molar-refractivity contribution is 0.720. The van der Waals surface area contributed by atoms with Gasteiger partial charge in [0.1, 0.15) is 0 Å². The van der Waals surface area contributed by atoms with Crippen LogP contribution in [0.25, 0.3) is 0 Å². The first-order chi connectivity index (χ1) is 8.09. The van der Waals surface area contributed by atoms with Crippen LogP contribution in [-0.2, 0) is 6.42 Å². The number of aryl methyl sites for hydroxylation is 1. The van der Waals surface area contributed by atoms with E-state index in [0.717, 1.165) is 5.56 Å². The Bertz CT molecular complexity index is 522. The zero-order valence-electron chi connectivity index (χ0n) is 9.41. The van der Waals surface area contributed by atoms with Gasteiger partial charge in [0.15, 0.2) is 0 Å². The van der Waals surface area contributed by atoms with Crippen molar-refractivity contribution in [2.75, 3.05) is 0 Å². The van der Waals surface area contributed by atoms with Crippen LogP contribution in [-0.4, -0.2) is 0 Å². The Morgan fingerprint density at radius 3 is 2.71 bits per heavy atom. The van der Waals surface area contributed by atoms with E-state index in [-0.39, 0.29) is 6.04 Å². The van der Waals surface area contributed by atoms with Gasteiger partial charge < -0.3 is 5.73 Å². The molecule has 0 aliphatic carbocycles. The first-order valence-electron chi connectivity index (χ1n) is 5.30. The van der Waals surface area contributed by atoms with E-state index in [2.05, 4.69) is 17.7 Å². The normalized spacial score (nSPS) is 12.7. The summed E-state index contributed by atoms with van der Waals surface area (Å²) in [4.78, 5) is 0. The van der Waals surface area contributed by atoms with Crippen LogP contribution >= 0.6 is 34.5 Å². The minimum atomic E-state index is -0.0304. The molecule has 17 heavy (non-hydrogen) atoms. The lowest BCUT2D eigenvalue weighted by atomic mass is 9.99. The maximum absolute atomic E-state index is 6.20. The summed E-state index contributed by atoms with van der Waals surface area (Å²) in [5.41, 5.74) is 9.62. The highest BCUT2D eigenvalue weighted by atomic mass is 35.5. The van der Waals surface area contributed by atoms with E-state index in [1.54, 1.807) is 17.4 Å². The molecular formula is C13H13Cl2NS. The Kier molecular flexibility index (Phi) is 4.10. The van der Waals surface area contributed by atoms with Crippen LogP contribution in [0.5, 0.6) is 0 Å². The highest BCUT2D eigenvalue weighted by molar-refractivity contribution is 7.08. The number of rotatable bonds is 3. The number of hydrogen-bond acceptors (Lipinski definition) is 2. The van der Waals surface area contributed by atoms with Crippen molar-refractivity contribution in [1.82, 2.24) is 0 Å². The summed E-state index contributed by atoms with van der Waals surface area (Å²) in [5.74, 6) is 0. The summed E-state index contributed by atoms with van der Waals surface area (Å²) >= 11 is 13.8. The van der Waals surface area contributed by atoms with Gasteiger partial charge >= 0.3 is 0 Å². The molecule has 2 rings (SSSR count). The summed E-state index contributed by atoms with van der Waals surface area (Å²) in [7, 11) is 0. The number of halogens is 2. The first-order valence-corrected chi connectivity index (χ1v) is 7.00. The molecule has 0 bridgehead atoms. The molecule has 1 unspecified atom stereocenters. The van der Waals surface area contributed by atoms with Gasteiger partial charge in [0, 0.05) is 6.04 Å². The van der Waals surface area contributed by atoms with Crippen molar-refractivity contribution in [2.45, 2.75) is 19.4 Å². The highest BCUT2D eigenvalue weighted by Gasteiger charge is 2.13. The molecule has 0 radical (unpaired) electrons. The molecule has 1 heterocycles. The molecule has 4 heteroatoms. The third-order valence-corrected chi connectivity index (χ3v) is 4.50. The molecule has 2 aromatic rings. The molecule has 1 aromatic carbocycles. The summed E-state index contributed by atoms with van der Waals surface area (Å²) in [5, 5.41) is 5.39. The molecule has 0 fully saturated rings. The van der Waals surface area contributed by atoms with Crippen LogP contribution in [0, 0.1) is 6.92 Å². The predicted octanol–water partition coefficient (Wildman–Crippen LogP) is 4.61. The van der Waals surface area contributed by atoms with Crippen molar-refractivity contribution >= 4 is 34.5 Å². The summed E-state index contributed by atoms with van der Waals surface area (Å²) in [6.45, 7) is 2.07. The molecular weight excluding hydrogens is 273 g/mol. The number of hydrogen-bond donors (Lipinski definition) is 1. The van der Waals surface area contributed by atoms with E-state index in [1.807, 2.05) is 12.1 Å². The summed E-state index contributed by atoms with van der Waals surface area (Å²) in [6, 6.07) is 5.62. The average molecular weight is 286 g/mol. The highest BCUT2D eigenvalue weighted by Crippen LogP contribution is 2.30. The van der Waals surface area contributed by atoms with Crippen molar-refractivity contribution in [3.8, 4) is 0 Å². The van der Waals surface area contributed by atoms with Crippen molar-refractivity contribution in [1.29, 1.82) is 0 Å². The monoisotopic (exact) mass is 285 g/mol. The van der Waals surface area contributed by atoms with Gasteiger partial charge in [-0.15, -0.1) is 0 Å². The SMILES string of the molecule is Cc1cscc1C(N)Cc1cccc(Cl)c1Cl. The molecule has 2 N–H and O–H groups in total. The van der Waals surface area contributed by atoms with Gasteiger partial charge in [0.05, 0.1) is 10.0 Å². The predicted molar refractivity (Wildman–Crippen MR) is 76.2 cm³/mol. The van der Waals surface area contributed by atoms with Crippen LogP contribution in [0.2, 0.25) is 10.0 Å². The maximum Gasteiger partial charge on any atom is 0.0624 e. The molecule has 0 amide bonds. The maximum atomic E-state index is 6.20. The Hall–Kier alpha value is -0.540. The lowest BCUT2D eigenvalue weighted by Crippen LogP contribution is -2.13. The smallest absolute Gasteiger partial charge is 0.0624 e. The number of benzene rings is 1. The van der Waals surface area contributed by atoms with Crippen molar-refractivity contribution in [3.05, 3.63) is 55.7 Å². The largest absolute Gasteiger partial charge is 0.324 e. The Labute approximate surface area is 115 Å². The summed E-state index contributed by atoms with van der Waals surface area (Å²) < 4.78 is 0. The Balaban J connectivity index is 2.22. The second kappa shape index (κ2) is 5.40. The van der Waals surface area contributed by atoms with Crippen molar-refractivity contribution in [3.63, 3.8) is 0 Å². The molecule has 0 saturated heterocycles. The van der Waals surface area contributed by atoms with Crippen LogP contribution in [0.15, 0.2) is 29.0 Å². The quantitative estimate of drug-likeness (QED) is 0.876. The molecule has 0 spiro atoms. The fourth-order valence-corrected chi connectivity index (χ4v) is 3.12. The minimum Gasteiger partial charge on any atom is -0.324 e. The van der Waals surface area contributed by atoms with Crippen molar-refractivity contribution < 1.29 is 0 Å². The third kappa shape index (κ3) is 2.83. The van der Waals surface area contributed by atoms with E-state index < -0.39 is 0 Å². The zero-order chi connectivity index (χ0) is 12.4. The van der Waals surface area contributed by atoms with Crippen LogP contribution in [0.4, 0.5) is 0 Å². The van der Waals surface area contributed by atoms with Gasteiger partial charge in [0.2, 0.25) is 0 Å². The summed E-state index contributed by atoms with van der Waals surface area (Å²) in [6.07, 6.45) is 0.705. The number of nitrogens with two attached hydrogens (primary N) is 1. The fourth-order valence-electron chi connectivity index (χ4n) is 1.80. The third-order valence-electron chi connectivity index (χ3n) is 2.77. The van der Waals surface area contributed by atoms with Gasteiger partial charge in [-0.2, -0.15) is 11.3 Å². The first kappa shape index (κ1) is 12.9. The second-order valence-electron chi connectivity index (χ2n) is 4.03. The minimum absolute atomic E-state index is 0.0304. The zero-order valence-corrected chi connectivity index (χ0v) is 11.7. The van der Waals surface area contributed by atoms with E-state index in [4.69, 9.17) is 28.9 Å². The van der Waals surface area contributed by atoms with E-state index >= 15 is 0 Å². The van der Waals surface area contributed by atoms with Crippen molar-refractivity contribution in [2.24, 2.45) is 5.73 Å². The fraction of sp³-hybridized carbons (Fsp3) is 0.231.